The lowest BCUT2D eigenvalue weighted by molar-refractivity contribution is 0.495. The molecule has 1 aliphatic heterocycles. The third-order valence-electron chi connectivity index (χ3n) is 7.58. The SMILES string of the molecule is NC1CCCN(c2nc3nc(CCc4ccccc4)n(Cc4ccc(Cl)cc4)c(=O)c3n2Cc2ccccc2)C1. The van der Waals surface area contributed by atoms with Gasteiger partial charge >= 0.3 is 0 Å². The molecule has 0 bridgehead atoms. The molecular formula is C32H33ClN6O. The molecule has 1 atom stereocenters. The van der Waals surface area contributed by atoms with Crippen LogP contribution >= 0.6 is 11.6 Å². The molecule has 204 valence electrons. The van der Waals surface area contributed by atoms with Gasteiger partial charge in [0.25, 0.3) is 5.56 Å². The minimum atomic E-state index is -0.0843. The number of imidazole rings is 1. The maximum atomic E-state index is 14.4. The Balaban J connectivity index is 1.50. The number of anilines is 1. The highest BCUT2D eigenvalue weighted by molar-refractivity contribution is 6.30. The van der Waals surface area contributed by atoms with E-state index in [1.165, 1.54) is 5.56 Å². The van der Waals surface area contributed by atoms with Gasteiger partial charge in [-0.15, -0.1) is 0 Å². The van der Waals surface area contributed by atoms with E-state index in [-0.39, 0.29) is 11.6 Å². The number of hydrogen-bond donors (Lipinski definition) is 1. The highest BCUT2D eigenvalue weighted by atomic mass is 35.5. The van der Waals surface area contributed by atoms with Crippen LogP contribution in [0.15, 0.2) is 89.7 Å². The van der Waals surface area contributed by atoms with Crippen molar-refractivity contribution in [3.05, 3.63) is 123 Å². The number of nitrogens with zero attached hydrogens (tertiary/aromatic N) is 5. The van der Waals surface area contributed by atoms with Gasteiger partial charge in [0.2, 0.25) is 5.95 Å². The first-order chi connectivity index (χ1) is 19.5. The molecule has 7 nitrogen and oxygen atoms in total. The zero-order chi connectivity index (χ0) is 27.5. The molecule has 1 fully saturated rings. The van der Waals surface area contributed by atoms with Crippen LogP contribution in [0.5, 0.6) is 0 Å². The second-order valence-corrected chi connectivity index (χ2v) is 11.0. The molecule has 6 rings (SSSR count). The molecule has 1 saturated heterocycles. The summed E-state index contributed by atoms with van der Waals surface area (Å²) in [5.74, 6) is 1.49. The van der Waals surface area contributed by atoms with Crippen molar-refractivity contribution in [2.24, 2.45) is 5.73 Å². The van der Waals surface area contributed by atoms with Crippen LogP contribution in [0.2, 0.25) is 5.02 Å². The topological polar surface area (TPSA) is 82.0 Å². The molecule has 3 aromatic carbocycles. The molecule has 8 heteroatoms. The van der Waals surface area contributed by atoms with Crippen molar-refractivity contribution < 1.29 is 0 Å². The van der Waals surface area contributed by atoms with Crippen LogP contribution in [0.4, 0.5) is 5.95 Å². The summed E-state index contributed by atoms with van der Waals surface area (Å²) in [5.41, 5.74) is 10.6. The van der Waals surface area contributed by atoms with Crippen molar-refractivity contribution in [1.29, 1.82) is 0 Å². The summed E-state index contributed by atoms with van der Waals surface area (Å²) in [6.45, 7) is 2.49. The monoisotopic (exact) mass is 552 g/mol. The molecule has 1 aliphatic rings. The van der Waals surface area contributed by atoms with Crippen LogP contribution in [0.1, 0.15) is 35.4 Å². The van der Waals surface area contributed by atoms with Gasteiger partial charge in [0, 0.05) is 30.6 Å². The smallest absolute Gasteiger partial charge is 0.280 e. The van der Waals surface area contributed by atoms with Gasteiger partial charge in [0.05, 0.1) is 13.1 Å². The van der Waals surface area contributed by atoms with E-state index < -0.39 is 0 Å². The molecule has 0 amide bonds. The normalized spacial score (nSPS) is 15.6. The van der Waals surface area contributed by atoms with E-state index in [1.807, 2.05) is 69.8 Å². The van der Waals surface area contributed by atoms with E-state index in [9.17, 15) is 4.79 Å². The summed E-state index contributed by atoms with van der Waals surface area (Å²) in [5, 5.41) is 0.666. The number of halogens is 1. The predicted molar refractivity (Wildman–Crippen MR) is 161 cm³/mol. The molecule has 0 radical (unpaired) electrons. The highest BCUT2D eigenvalue weighted by Gasteiger charge is 2.26. The van der Waals surface area contributed by atoms with Gasteiger partial charge in [-0.05, 0) is 48.1 Å². The Bertz CT molecular complexity index is 1650. The Hall–Kier alpha value is -3.94. The standard InChI is InChI=1S/C32H33ClN6O/c33-26-16-13-25(14-17-26)20-38-28(18-15-23-8-3-1-4-9-23)35-30-29(31(38)40)39(21-24-10-5-2-6-11-24)32(36-30)37-19-7-12-27(34)22-37/h1-6,8-11,13-14,16-17,27H,7,12,15,18-22,34H2. The molecule has 0 aliphatic carbocycles. The van der Waals surface area contributed by atoms with E-state index in [0.29, 0.717) is 42.2 Å². The van der Waals surface area contributed by atoms with Crippen LogP contribution in [-0.2, 0) is 25.9 Å². The van der Waals surface area contributed by atoms with Crippen LogP contribution in [0.3, 0.4) is 0 Å². The number of piperidine rings is 1. The maximum Gasteiger partial charge on any atom is 0.280 e. The molecule has 0 saturated carbocycles. The van der Waals surface area contributed by atoms with Gasteiger partial charge < -0.3 is 10.6 Å². The molecule has 40 heavy (non-hydrogen) atoms. The minimum Gasteiger partial charge on any atom is -0.341 e. The van der Waals surface area contributed by atoms with Crippen molar-refractivity contribution in [2.45, 2.75) is 44.8 Å². The summed E-state index contributed by atoms with van der Waals surface area (Å²) in [4.78, 5) is 26.7. The second-order valence-electron chi connectivity index (χ2n) is 10.5. The highest BCUT2D eigenvalue weighted by Crippen LogP contribution is 2.25. The average Bonchev–Trinajstić information content (AvgIpc) is 3.34. The van der Waals surface area contributed by atoms with Gasteiger partial charge in [-0.3, -0.25) is 13.9 Å². The van der Waals surface area contributed by atoms with Crippen molar-refractivity contribution in [2.75, 3.05) is 18.0 Å². The number of nitrogens with two attached hydrogens (primary N) is 1. The van der Waals surface area contributed by atoms with E-state index >= 15 is 0 Å². The van der Waals surface area contributed by atoms with E-state index in [1.54, 1.807) is 0 Å². The molecule has 5 aromatic rings. The Morgan fingerprint density at radius 3 is 2.15 bits per heavy atom. The molecule has 2 N–H and O–H groups in total. The van der Waals surface area contributed by atoms with Crippen LogP contribution in [0, 0.1) is 0 Å². The zero-order valence-corrected chi connectivity index (χ0v) is 23.2. The van der Waals surface area contributed by atoms with Crippen LogP contribution < -0.4 is 16.2 Å². The summed E-state index contributed by atoms with van der Waals surface area (Å²) >= 11 is 6.15. The fourth-order valence-corrected chi connectivity index (χ4v) is 5.65. The van der Waals surface area contributed by atoms with Gasteiger partial charge in [-0.1, -0.05) is 84.4 Å². The Kier molecular flexibility index (Phi) is 7.66. The number of aryl methyl sites for hydroxylation is 2. The molecule has 3 heterocycles. The molecular weight excluding hydrogens is 520 g/mol. The summed E-state index contributed by atoms with van der Waals surface area (Å²) in [6, 6.07) is 28.2. The third-order valence-corrected chi connectivity index (χ3v) is 7.83. The van der Waals surface area contributed by atoms with Gasteiger partial charge in [0.1, 0.15) is 5.82 Å². The largest absolute Gasteiger partial charge is 0.341 e. The number of aromatic nitrogens is 4. The van der Waals surface area contributed by atoms with Gasteiger partial charge in [-0.2, -0.15) is 4.98 Å². The first-order valence-electron chi connectivity index (χ1n) is 13.9. The van der Waals surface area contributed by atoms with Crippen LogP contribution in [-0.4, -0.2) is 38.2 Å². The average molecular weight is 553 g/mol. The van der Waals surface area contributed by atoms with Crippen molar-refractivity contribution >= 4 is 28.7 Å². The van der Waals surface area contributed by atoms with E-state index in [0.717, 1.165) is 48.7 Å². The first-order valence-corrected chi connectivity index (χ1v) is 14.3. The van der Waals surface area contributed by atoms with Gasteiger partial charge in [0.15, 0.2) is 11.2 Å². The molecule has 0 spiro atoms. The van der Waals surface area contributed by atoms with Crippen LogP contribution in [0.25, 0.3) is 11.2 Å². The number of rotatable bonds is 8. The maximum absolute atomic E-state index is 14.4. The number of benzene rings is 3. The third kappa shape index (κ3) is 5.67. The minimum absolute atomic E-state index is 0.0784. The zero-order valence-electron chi connectivity index (χ0n) is 22.4. The second kappa shape index (κ2) is 11.7. The lowest BCUT2D eigenvalue weighted by Gasteiger charge is -2.31. The first kappa shape index (κ1) is 26.3. The Morgan fingerprint density at radius 1 is 0.800 bits per heavy atom. The Labute approximate surface area is 238 Å². The van der Waals surface area contributed by atoms with E-state index in [4.69, 9.17) is 27.3 Å². The number of fused-ring (bicyclic) bond motifs is 1. The summed E-state index contributed by atoms with van der Waals surface area (Å²) in [7, 11) is 0. The molecule has 2 aromatic heterocycles. The van der Waals surface area contributed by atoms with E-state index in [2.05, 4.69) is 29.2 Å². The van der Waals surface area contributed by atoms with Crippen molar-refractivity contribution in [1.82, 2.24) is 19.1 Å². The predicted octanol–water partition coefficient (Wildman–Crippen LogP) is 5.06. The van der Waals surface area contributed by atoms with Crippen molar-refractivity contribution in [3.63, 3.8) is 0 Å². The van der Waals surface area contributed by atoms with Gasteiger partial charge in [-0.25, -0.2) is 4.98 Å². The quantitative estimate of drug-likeness (QED) is 0.291. The van der Waals surface area contributed by atoms with Crippen molar-refractivity contribution in [3.8, 4) is 0 Å². The fraction of sp³-hybridized carbons (Fsp3) is 0.281. The lowest BCUT2D eigenvalue weighted by atomic mass is 10.1. The summed E-state index contributed by atoms with van der Waals surface area (Å²) in [6.07, 6.45) is 3.38. The molecule has 1 unspecified atom stereocenters. The lowest BCUT2D eigenvalue weighted by Crippen LogP contribution is -2.44. The number of hydrogen-bond acceptors (Lipinski definition) is 5. The summed E-state index contributed by atoms with van der Waals surface area (Å²) < 4.78 is 3.85. The Morgan fingerprint density at radius 2 is 1.45 bits per heavy atom. The fourth-order valence-electron chi connectivity index (χ4n) is 5.52.